The second-order valence-electron chi connectivity index (χ2n) is 4.77. The molecule has 0 spiro atoms. The lowest BCUT2D eigenvalue weighted by Gasteiger charge is -2.18. The van der Waals surface area contributed by atoms with Gasteiger partial charge in [0.2, 0.25) is 0 Å². The van der Waals surface area contributed by atoms with Crippen LogP contribution in [-0.2, 0) is 18.9 Å². The molecule has 2 unspecified atom stereocenters. The number of hydrogen-bond donors (Lipinski definition) is 1. The van der Waals surface area contributed by atoms with Crippen molar-refractivity contribution in [3.8, 4) is 5.75 Å². The second-order valence-corrected chi connectivity index (χ2v) is 4.77. The first-order valence-corrected chi connectivity index (χ1v) is 6.51. The van der Waals surface area contributed by atoms with E-state index >= 15 is 0 Å². The predicted octanol–water partition coefficient (Wildman–Crippen LogP) is 0.841. The van der Waals surface area contributed by atoms with Crippen molar-refractivity contribution in [3.05, 3.63) is 29.8 Å². The molecule has 0 radical (unpaired) electrons. The van der Waals surface area contributed by atoms with E-state index in [1.54, 1.807) is 14.2 Å². The van der Waals surface area contributed by atoms with Crippen LogP contribution in [0.2, 0.25) is 0 Å². The van der Waals surface area contributed by atoms with E-state index in [0.29, 0.717) is 0 Å². The molecule has 0 amide bonds. The van der Waals surface area contributed by atoms with Crippen LogP contribution in [0, 0.1) is 0 Å². The van der Waals surface area contributed by atoms with E-state index in [4.69, 9.17) is 23.7 Å². The Morgan fingerprint density at radius 1 is 1.05 bits per heavy atom. The maximum absolute atomic E-state index is 9.32. The first kappa shape index (κ1) is 13.8. The Balaban J connectivity index is 1.75. The SMILES string of the molecule is COc1ccc(C2O[C@@H]3[C@@H](CO)OC(OC)[C@@H]3O2)cc1. The van der Waals surface area contributed by atoms with E-state index in [0.717, 1.165) is 11.3 Å². The summed E-state index contributed by atoms with van der Waals surface area (Å²) in [6, 6.07) is 7.48. The van der Waals surface area contributed by atoms with Crippen molar-refractivity contribution in [2.24, 2.45) is 0 Å². The zero-order chi connectivity index (χ0) is 14.1. The number of methoxy groups -OCH3 is 2. The Bertz CT molecular complexity index is 429. The Hall–Kier alpha value is -1.18. The van der Waals surface area contributed by atoms with Crippen LogP contribution in [0.4, 0.5) is 0 Å². The maximum Gasteiger partial charge on any atom is 0.186 e. The van der Waals surface area contributed by atoms with Crippen LogP contribution in [0.3, 0.4) is 0 Å². The minimum atomic E-state index is -0.514. The average Bonchev–Trinajstić information content (AvgIpc) is 3.06. The van der Waals surface area contributed by atoms with Crippen molar-refractivity contribution in [2.75, 3.05) is 20.8 Å². The third-order valence-corrected chi connectivity index (χ3v) is 3.63. The second kappa shape index (κ2) is 5.67. The summed E-state index contributed by atoms with van der Waals surface area (Å²) in [6.45, 7) is -0.125. The summed E-state index contributed by atoms with van der Waals surface area (Å²) in [5.41, 5.74) is 0.895. The van der Waals surface area contributed by atoms with Crippen LogP contribution in [0.15, 0.2) is 24.3 Å². The molecule has 0 aliphatic carbocycles. The van der Waals surface area contributed by atoms with Crippen LogP contribution in [0.25, 0.3) is 0 Å². The predicted molar refractivity (Wildman–Crippen MR) is 68.2 cm³/mol. The van der Waals surface area contributed by atoms with E-state index in [1.165, 1.54) is 0 Å². The molecule has 6 heteroatoms. The van der Waals surface area contributed by atoms with E-state index in [1.807, 2.05) is 24.3 Å². The Morgan fingerprint density at radius 3 is 2.35 bits per heavy atom. The van der Waals surface area contributed by atoms with Gasteiger partial charge in [0, 0.05) is 12.7 Å². The molecule has 0 saturated carbocycles. The van der Waals surface area contributed by atoms with Gasteiger partial charge in [-0.2, -0.15) is 0 Å². The van der Waals surface area contributed by atoms with Gasteiger partial charge in [-0.25, -0.2) is 0 Å². The lowest BCUT2D eigenvalue weighted by Crippen LogP contribution is -2.31. The Labute approximate surface area is 117 Å². The van der Waals surface area contributed by atoms with Gasteiger partial charge in [-0.05, 0) is 12.1 Å². The summed E-state index contributed by atoms with van der Waals surface area (Å²) in [4.78, 5) is 0. The molecule has 1 aromatic rings. The lowest BCUT2D eigenvalue weighted by atomic mass is 10.1. The summed E-state index contributed by atoms with van der Waals surface area (Å²) in [6.07, 6.45) is -2.07. The van der Waals surface area contributed by atoms with Crippen molar-refractivity contribution in [3.63, 3.8) is 0 Å². The lowest BCUT2D eigenvalue weighted by molar-refractivity contribution is -0.201. The van der Waals surface area contributed by atoms with Gasteiger partial charge in [0.1, 0.15) is 24.1 Å². The number of ether oxygens (including phenoxy) is 5. The van der Waals surface area contributed by atoms with E-state index < -0.39 is 18.7 Å². The van der Waals surface area contributed by atoms with Gasteiger partial charge in [-0.1, -0.05) is 12.1 Å². The molecule has 5 atom stereocenters. The zero-order valence-electron chi connectivity index (χ0n) is 11.4. The molecule has 1 N–H and O–H groups in total. The Morgan fingerprint density at radius 2 is 1.75 bits per heavy atom. The van der Waals surface area contributed by atoms with Crippen LogP contribution in [-0.4, -0.2) is 50.5 Å². The van der Waals surface area contributed by atoms with E-state index in [-0.39, 0.29) is 18.8 Å². The quantitative estimate of drug-likeness (QED) is 0.883. The van der Waals surface area contributed by atoms with Crippen LogP contribution in [0.1, 0.15) is 11.9 Å². The summed E-state index contributed by atoms with van der Waals surface area (Å²) in [5, 5.41) is 9.32. The van der Waals surface area contributed by atoms with Gasteiger partial charge in [-0.15, -0.1) is 0 Å². The minimum Gasteiger partial charge on any atom is -0.497 e. The van der Waals surface area contributed by atoms with Crippen LogP contribution >= 0.6 is 0 Å². The molecule has 3 rings (SSSR count). The Kier molecular flexibility index (Phi) is 3.91. The third-order valence-electron chi connectivity index (χ3n) is 3.63. The number of hydrogen-bond acceptors (Lipinski definition) is 6. The maximum atomic E-state index is 9.32. The highest BCUT2D eigenvalue weighted by Gasteiger charge is 2.53. The number of fused-ring (bicyclic) bond motifs is 1. The number of aliphatic hydroxyl groups is 1. The molecule has 2 aliphatic heterocycles. The highest BCUT2D eigenvalue weighted by atomic mass is 16.8. The summed E-state index contributed by atoms with van der Waals surface area (Å²) in [5.74, 6) is 0.776. The zero-order valence-corrected chi connectivity index (χ0v) is 11.4. The molecule has 2 saturated heterocycles. The van der Waals surface area contributed by atoms with Gasteiger partial charge in [0.25, 0.3) is 0 Å². The molecule has 2 fully saturated rings. The van der Waals surface area contributed by atoms with E-state index in [9.17, 15) is 5.11 Å². The van der Waals surface area contributed by atoms with Crippen molar-refractivity contribution in [1.29, 1.82) is 0 Å². The summed E-state index contributed by atoms with van der Waals surface area (Å²) in [7, 11) is 3.17. The normalized spacial score (nSPS) is 36.0. The molecular weight excluding hydrogens is 264 g/mol. The highest BCUT2D eigenvalue weighted by Crippen LogP contribution is 2.40. The smallest absolute Gasteiger partial charge is 0.186 e. The number of benzene rings is 1. The summed E-state index contributed by atoms with van der Waals surface area (Å²) < 4.78 is 27.6. The largest absolute Gasteiger partial charge is 0.497 e. The van der Waals surface area contributed by atoms with Gasteiger partial charge in [0.05, 0.1) is 13.7 Å². The van der Waals surface area contributed by atoms with Crippen molar-refractivity contribution in [2.45, 2.75) is 30.9 Å². The molecule has 2 heterocycles. The molecule has 2 aliphatic rings. The first-order valence-electron chi connectivity index (χ1n) is 6.51. The van der Waals surface area contributed by atoms with Crippen molar-refractivity contribution < 1.29 is 28.8 Å². The van der Waals surface area contributed by atoms with Crippen LogP contribution < -0.4 is 4.74 Å². The van der Waals surface area contributed by atoms with E-state index in [2.05, 4.69) is 0 Å². The topological polar surface area (TPSA) is 66.4 Å². The first-order chi connectivity index (χ1) is 9.76. The van der Waals surface area contributed by atoms with Crippen LogP contribution in [0.5, 0.6) is 5.75 Å². The fraction of sp³-hybridized carbons (Fsp3) is 0.571. The fourth-order valence-electron chi connectivity index (χ4n) is 2.57. The highest BCUT2D eigenvalue weighted by molar-refractivity contribution is 5.28. The number of aliphatic hydroxyl groups excluding tert-OH is 1. The molecule has 110 valence electrons. The standard InChI is InChI=1S/C14H18O6/c1-16-9-5-3-8(4-6-9)13-19-11-10(7-15)18-14(17-2)12(11)20-13/h3-6,10-15H,7H2,1-2H3/t10-,11-,12-,13?,14?/m1/s1. The van der Waals surface area contributed by atoms with Gasteiger partial charge in [-0.3, -0.25) is 0 Å². The van der Waals surface area contributed by atoms with Gasteiger partial charge >= 0.3 is 0 Å². The molecular formula is C14H18O6. The average molecular weight is 282 g/mol. The number of rotatable bonds is 4. The van der Waals surface area contributed by atoms with Crippen molar-refractivity contribution >= 4 is 0 Å². The molecule has 1 aromatic carbocycles. The monoisotopic (exact) mass is 282 g/mol. The van der Waals surface area contributed by atoms with Gasteiger partial charge in [0.15, 0.2) is 12.6 Å². The van der Waals surface area contributed by atoms with Crippen molar-refractivity contribution in [1.82, 2.24) is 0 Å². The molecule has 0 bridgehead atoms. The van der Waals surface area contributed by atoms with Gasteiger partial charge < -0.3 is 28.8 Å². The minimum absolute atomic E-state index is 0.125. The molecule has 20 heavy (non-hydrogen) atoms. The molecule has 6 nitrogen and oxygen atoms in total. The fourth-order valence-corrected chi connectivity index (χ4v) is 2.57. The third kappa shape index (κ3) is 2.30. The summed E-state index contributed by atoms with van der Waals surface area (Å²) >= 11 is 0. The molecule has 0 aromatic heterocycles.